The second kappa shape index (κ2) is 16.9. The minimum Gasteiger partial charge on any atom is -0.497 e. The highest BCUT2D eigenvalue weighted by molar-refractivity contribution is 6.07. The minimum absolute atomic E-state index is 0.00547. The van der Waals surface area contributed by atoms with Gasteiger partial charge in [0.2, 0.25) is 0 Å². The molecule has 0 N–H and O–H groups in total. The summed E-state index contributed by atoms with van der Waals surface area (Å²) in [6.45, 7) is 0.0238. The SMILES string of the molecule is COc1ccc(C(=O)OC(COc2ccc(C=CC(=O)c3ccccc3)cc2)COc2ccc(C(=O)C=Cc3ccccc3)cc2)cc1. The highest BCUT2D eigenvalue weighted by Gasteiger charge is 2.19. The van der Waals surface area contributed by atoms with Crippen LogP contribution in [0.25, 0.3) is 12.2 Å². The molecule has 5 rings (SSSR count). The monoisotopic (exact) mass is 638 g/mol. The zero-order valence-corrected chi connectivity index (χ0v) is 26.4. The van der Waals surface area contributed by atoms with Crippen molar-refractivity contribution in [2.75, 3.05) is 20.3 Å². The van der Waals surface area contributed by atoms with Crippen LogP contribution in [0.1, 0.15) is 42.2 Å². The van der Waals surface area contributed by atoms with Gasteiger partial charge in [0.25, 0.3) is 0 Å². The van der Waals surface area contributed by atoms with E-state index in [0.717, 1.165) is 11.1 Å². The van der Waals surface area contributed by atoms with Crippen LogP contribution >= 0.6 is 0 Å². The van der Waals surface area contributed by atoms with Crippen LogP contribution in [0.5, 0.6) is 17.2 Å². The Morgan fingerprint density at radius 1 is 0.521 bits per heavy atom. The Kier molecular flexibility index (Phi) is 11.7. The van der Waals surface area contributed by atoms with E-state index in [9.17, 15) is 14.4 Å². The topological polar surface area (TPSA) is 88.1 Å². The third kappa shape index (κ3) is 9.89. The molecule has 0 spiro atoms. The van der Waals surface area contributed by atoms with Crippen molar-refractivity contribution in [2.45, 2.75) is 6.10 Å². The third-order valence-corrected chi connectivity index (χ3v) is 7.20. The number of hydrogen-bond donors (Lipinski definition) is 0. The van der Waals surface area contributed by atoms with E-state index in [1.807, 2.05) is 60.7 Å². The van der Waals surface area contributed by atoms with Gasteiger partial charge in [0.1, 0.15) is 30.5 Å². The van der Waals surface area contributed by atoms with Gasteiger partial charge in [-0.05, 0) is 83.9 Å². The first-order valence-corrected chi connectivity index (χ1v) is 15.3. The van der Waals surface area contributed by atoms with Gasteiger partial charge in [-0.3, -0.25) is 9.59 Å². The van der Waals surface area contributed by atoms with E-state index in [0.29, 0.717) is 33.9 Å². The number of methoxy groups -OCH3 is 1. The molecule has 0 bridgehead atoms. The molecule has 0 aliphatic heterocycles. The van der Waals surface area contributed by atoms with Gasteiger partial charge < -0.3 is 18.9 Å². The lowest BCUT2D eigenvalue weighted by atomic mass is 10.1. The van der Waals surface area contributed by atoms with Crippen molar-refractivity contribution in [1.29, 1.82) is 0 Å². The van der Waals surface area contributed by atoms with E-state index in [2.05, 4.69) is 0 Å². The average Bonchev–Trinajstić information content (AvgIpc) is 3.15. The Labute approximate surface area is 279 Å². The number of ketones is 2. The molecule has 7 nitrogen and oxygen atoms in total. The van der Waals surface area contributed by atoms with E-state index >= 15 is 0 Å². The van der Waals surface area contributed by atoms with Crippen LogP contribution in [-0.2, 0) is 4.74 Å². The number of esters is 1. The Bertz CT molecular complexity index is 1840. The molecule has 7 heteroatoms. The number of ether oxygens (including phenoxy) is 4. The summed E-state index contributed by atoms with van der Waals surface area (Å²) in [5, 5.41) is 0. The Morgan fingerprint density at radius 3 is 1.50 bits per heavy atom. The molecule has 0 fully saturated rings. The summed E-state index contributed by atoms with van der Waals surface area (Å²) < 4.78 is 22.9. The standard InChI is InChI=1S/C41H34O7/c1-45-35-22-18-34(19-23-35)41(44)48-38(28-46-36-20-12-31(13-21-36)15-27-39(42)32-10-6-3-7-11-32)29-47-37-24-16-33(17-25-37)40(43)26-14-30-8-4-2-5-9-30/h2-27,38H,28-29H2,1H3. The van der Waals surface area contributed by atoms with Gasteiger partial charge in [0, 0.05) is 11.1 Å². The van der Waals surface area contributed by atoms with E-state index in [-0.39, 0.29) is 24.8 Å². The van der Waals surface area contributed by atoms with Gasteiger partial charge in [-0.25, -0.2) is 4.79 Å². The molecule has 240 valence electrons. The molecule has 48 heavy (non-hydrogen) atoms. The second-order valence-electron chi connectivity index (χ2n) is 10.6. The van der Waals surface area contributed by atoms with E-state index in [1.54, 1.807) is 92.1 Å². The summed E-state index contributed by atoms with van der Waals surface area (Å²) in [5.41, 5.74) is 3.25. The lowest BCUT2D eigenvalue weighted by molar-refractivity contribution is 0.00257. The number of carbonyl (C=O) groups is 3. The van der Waals surface area contributed by atoms with Crippen LogP contribution in [-0.4, -0.2) is 44.0 Å². The van der Waals surface area contributed by atoms with Crippen LogP contribution < -0.4 is 14.2 Å². The summed E-state index contributed by atoms with van der Waals surface area (Å²) in [5.74, 6) is 0.927. The molecule has 1 unspecified atom stereocenters. The molecule has 0 aliphatic rings. The van der Waals surface area contributed by atoms with Crippen LogP contribution in [0.2, 0.25) is 0 Å². The number of benzene rings is 5. The number of allylic oxidation sites excluding steroid dienone is 2. The smallest absolute Gasteiger partial charge is 0.338 e. The van der Waals surface area contributed by atoms with Crippen molar-refractivity contribution in [2.24, 2.45) is 0 Å². The van der Waals surface area contributed by atoms with Crippen molar-refractivity contribution >= 4 is 29.7 Å². The quantitative estimate of drug-likeness (QED) is 0.0649. The second-order valence-corrected chi connectivity index (χ2v) is 10.6. The van der Waals surface area contributed by atoms with Crippen molar-refractivity contribution in [3.63, 3.8) is 0 Å². The summed E-state index contributed by atoms with van der Waals surface area (Å²) in [7, 11) is 1.55. The van der Waals surface area contributed by atoms with Crippen LogP contribution in [0, 0.1) is 0 Å². The fourth-order valence-electron chi connectivity index (χ4n) is 4.53. The fraction of sp³-hybridized carbons (Fsp3) is 0.0976. The van der Waals surface area contributed by atoms with Crippen molar-refractivity contribution in [1.82, 2.24) is 0 Å². The molecule has 0 saturated heterocycles. The van der Waals surface area contributed by atoms with Crippen LogP contribution in [0.3, 0.4) is 0 Å². The predicted octanol–water partition coefficient (Wildman–Crippen LogP) is 8.17. The highest BCUT2D eigenvalue weighted by atomic mass is 16.6. The number of carbonyl (C=O) groups excluding carboxylic acids is 3. The van der Waals surface area contributed by atoms with Gasteiger partial charge in [-0.1, -0.05) is 84.9 Å². The molecule has 0 saturated carbocycles. The molecule has 0 aromatic heterocycles. The maximum atomic E-state index is 13.0. The molecule has 0 amide bonds. The number of rotatable bonds is 15. The molecule has 0 radical (unpaired) electrons. The first-order chi connectivity index (χ1) is 23.5. The van der Waals surface area contributed by atoms with Crippen molar-refractivity contribution in [3.8, 4) is 17.2 Å². The van der Waals surface area contributed by atoms with Gasteiger partial charge in [-0.15, -0.1) is 0 Å². The first-order valence-electron chi connectivity index (χ1n) is 15.3. The maximum Gasteiger partial charge on any atom is 0.338 e. The van der Waals surface area contributed by atoms with Crippen LogP contribution in [0.15, 0.2) is 146 Å². The molecule has 0 aliphatic carbocycles. The fourth-order valence-corrected chi connectivity index (χ4v) is 4.53. The zero-order chi connectivity index (χ0) is 33.6. The molecule has 0 heterocycles. The Balaban J connectivity index is 1.20. The van der Waals surface area contributed by atoms with Crippen molar-refractivity contribution in [3.05, 3.63) is 173 Å². The largest absolute Gasteiger partial charge is 0.497 e. The molecular weight excluding hydrogens is 604 g/mol. The lowest BCUT2D eigenvalue weighted by Gasteiger charge is -2.19. The molecule has 5 aromatic rings. The molecule has 5 aromatic carbocycles. The summed E-state index contributed by atoms with van der Waals surface area (Å²) in [6, 6.07) is 39.2. The lowest BCUT2D eigenvalue weighted by Crippen LogP contribution is -2.31. The summed E-state index contributed by atoms with van der Waals surface area (Å²) >= 11 is 0. The Morgan fingerprint density at radius 2 is 0.958 bits per heavy atom. The Hall–Kier alpha value is -6.21. The van der Waals surface area contributed by atoms with Gasteiger partial charge >= 0.3 is 5.97 Å². The van der Waals surface area contributed by atoms with Crippen LogP contribution in [0.4, 0.5) is 0 Å². The molecule has 1 atom stereocenters. The van der Waals surface area contributed by atoms with Gasteiger partial charge in [0.15, 0.2) is 17.7 Å². The highest BCUT2D eigenvalue weighted by Crippen LogP contribution is 2.18. The van der Waals surface area contributed by atoms with E-state index in [4.69, 9.17) is 18.9 Å². The third-order valence-electron chi connectivity index (χ3n) is 7.20. The van der Waals surface area contributed by atoms with E-state index < -0.39 is 12.1 Å². The number of hydrogen-bond acceptors (Lipinski definition) is 7. The normalized spacial score (nSPS) is 11.6. The average molecular weight is 639 g/mol. The predicted molar refractivity (Wildman–Crippen MR) is 186 cm³/mol. The maximum absolute atomic E-state index is 13.0. The van der Waals surface area contributed by atoms with Gasteiger partial charge in [0.05, 0.1) is 12.7 Å². The molecular formula is C41H34O7. The minimum atomic E-state index is -0.766. The first kappa shape index (κ1) is 33.2. The van der Waals surface area contributed by atoms with E-state index in [1.165, 1.54) is 12.2 Å². The summed E-state index contributed by atoms with van der Waals surface area (Å²) in [6.07, 6.45) is 5.81. The van der Waals surface area contributed by atoms with Gasteiger partial charge in [-0.2, -0.15) is 0 Å². The zero-order valence-electron chi connectivity index (χ0n) is 26.4. The van der Waals surface area contributed by atoms with Crippen molar-refractivity contribution < 1.29 is 33.3 Å². The summed E-state index contributed by atoms with van der Waals surface area (Å²) in [4.78, 5) is 38.0.